The first-order valence-corrected chi connectivity index (χ1v) is 5.47. The summed E-state index contributed by atoms with van der Waals surface area (Å²) in [7, 11) is 0. The molecule has 0 atom stereocenters. The van der Waals surface area contributed by atoms with Crippen LogP contribution in [0.15, 0.2) is 29.0 Å². The molecule has 0 saturated heterocycles. The first kappa shape index (κ1) is 11.9. The van der Waals surface area contributed by atoms with E-state index in [1.54, 1.807) is 6.92 Å². The van der Waals surface area contributed by atoms with Gasteiger partial charge >= 0.3 is 0 Å². The second-order valence-corrected chi connectivity index (χ2v) is 4.16. The van der Waals surface area contributed by atoms with E-state index in [9.17, 15) is 8.78 Å². The number of halogens is 3. The average molecular weight is 301 g/mol. The Morgan fingerprint density at radius 3 is 2.59 bits per heavy atom. The molecule has 1 aromatic carbocycles. The molecule has 0 aliphatic heterocycles. The van der Waals surface area contributed by atoms with E-state index >= 15 is 0 Å². The number of aryl methyl sites for hydroxylation is 1. The fraction of sp³-hybridized carbons (Fsp3) is 0.0909. The van der Waals surface area contributed by atoms with Crippen LogP contribution in [-0.4, -0.2) is 9.97 Å². The lowest BCUT2D eigenvalue weighted by molar-refractivity contribution is 0.401. The molecule has 0 unspecified atom stereocenters. The van der Waals surface area contributed by atoms with Crippen molar-refractivity contribution in [1.29, 1.82) is 0 Å². The predicted molar refractivity (Wildman–Crippen MR) is 60.9 cm³/mol. The SMILES string of the molecule is Cc1nccnc1Oc1cc(Br)cc(F)c1F. The van der Waals surface area contributed by atoms with E-state index in [1.807, 2.05) is 0 Å². The lowest BCUT2D eigenvalue weighted by Crippen LogP contribution is -1.96. The Kier molecular flexibility index (Phi) is 3.33. The van der Waals surface area contributed by atoms with Crippen LogP contribution in [0, 0.1) is 18.6 Å². The maximum absolute atomic E-state index is 13.4. The Bertz CT molecular complexity index is 563. The Morgan fingerprint density at radius 1 is 1.18 bits per heavy atom. The zero-order valence-corrected chi connectivity index (χ0v) is 10.3. The van der Waals surface area contributed by atoms with Gasteiger partial charge in [0.15, 0.2) is 11.6 Å². The van der Waals surface area contributed by atoms with E-state index < -0.39 is 11.6 Å². The maximum Gasteiger partial charge on any atom is 0.240 e. The summed E-state index contributed by atoms with van der Waals surface area (Å²) in [6.07, 6.45) is 2.90. The lowest BCUT2D eigenvalue weighted by Gasteiger charge is -2.08. The van der Waals surface area contributed by atoms with Gasteiger partial charge in [-0.15, -0.1) is 0 Å². The molecule has 6 heteroatoms. The minimum Gasteiger partial charge on any atom is -0.434 e. The highest BCUT2D eigenvalue weighted by Crippen LogP contribution is 2.29. The van der Waals surface area contributed by atoms with Crippen LogP contribution < -0.4 is 4.74 Å². The van der Waals surface area contributed by atoms with E-state index in [1.165, 1.54) is 18.5 Å². The monoisotopic (exact) mass is 300 g/mol. The van der Waals surface area contributed by atoms with Gasteiger partial charge in [-0.3, -0.25) is 4.98 Å². The molecule has 0 bridgehead atoms. The van der Waals surface area contributed by atoms with Gasteiger partial charge in [-0.1, -0.05) is 15.9 Å². The molecule has 1 heterocycles. The third-order valence-electron chi connectivity index (χ3n) is 2.00. The van der Waals surface area contributed by atoms with Gasteiger partial charge in [0, 0.05) is 16.9 Å². The van der Waals surface area contributed by atoms with E-state index in [4.69, 9.17) is 4.74 Å². The molecule has 88 valence electrons. The molecule has 0 amide bonds. The molecule has 0 fully saturated rings. The summed E-state index contributed by atoms with van der Waals surface area (Å²) in [6, 6.07) is 2.35. The summed E-state index contributed by atoms with van der Waals surface area (Å²) in [4.78, 5) is 7.82. The van der Waals surface area contributed by atoms with E-state index in [0.717, 1.165) is 6.07 Å². The third kappa shape index (κ3) is 2.58. The van der Waals surface area contributed by atoms with Crippen molar-refractivity contribution in [2.75, 3.05) is 0 Å². The highest BCUT2D eigenvalue weighted by molar-refractivity contribution is 9.10. The predicted octanol–water partition coefficient (Wildman–Crippen LogP) is 3.62. The van der Waals surface area contributed by atoms with Crippen LogP contribution in [0.25, 0.3) is 0 Å². The van der Waals surface area contributed by atoms with E-state index in [2.05, 4.69) is 25.9 Å². The molecule has 0 N–H and O–H groups in total. The van der Waals surface area contributed by atoms with Crippen LogP contribution >= 0.6 is 15.9 Å². The number of aromatic nitrogens is 2. The van der Waals surface area contributed by atoms with Gasteiger partial charge in [0.2, 0.25) is 11.7 Å². The molecule has 0 spiro atoms. The minimum absolute atomic E-state index is 0.143. The van der Waals surface area contributed by atoms with Crippen molar-refractivity contribution in [2.24, 2.45) is 0 Å². The highest BCUT2D eigenvalue weighted by atomic mass is 79.9. The summed E-state index contributed by atoms with van der Waals surface area (Å²) < 4.78 is 32.1. The molecule has 2 rings (SSSR count). The molecular weight excluding hydrogens is 294 g/mol. The van der Waals surface area contributed by atoms with E-state index in [-0.39, 0.29) is 11.6 Å². The van der Waals surface area contributed by atoms with Crippen LogP contribution in [-0.2, 0) is 0 Å². The maximum atomic E-state index is 13.4. The number of ether oxygens (including phenoxy) is 1. The van der Waals surface area contributed by atoms with Crippen molar-refractivity contribution >= 4 is 15.9 Å². The summed E-state index contributed by atoms with van der Waals surface area (Å²) in [5.41, 5.74) is 0.493. The van der Waals surface area contributed by atoms with Gasteiger partial charge in [0.1, 0.15) is 0 Å². The Labute approximate surface area is 105 Å². The van der Waals surface area contributed by atoms with Crippen molar-refractivity contribution in [1.82, 2.24) is 9.97 Å². The van der Waals surface area contributed by atoms with Crippen molar-refractivity contribution in [2.45, 2.75) is 6.92 Å². The molecule has 0 radical (unpaired) electrons. The molecule has 17 heavy (non-hydrogen) atoms. The number of nitrogens with zero attached hydrogens (tertiary/aromatic N) is 2. The highest BCUT2D eigenvalue weighted by Gasteiger charge is 2.13. The molecule has 3 nitrogen and oxygen atoms in total. The first-order chi connectivity index (χ1) is 8.08. The van der Waals surface area contributed by atoms with Gasteiger partial charge in [0.25, 0.3) is 0 Å². The molecule has 0 saturated carbocycles. The average Bonchev–Trinajstić information content (AvgIpc) is 2.28. The van der Waals surface area contributed by atoms with Gasteiger partial charge < -0.3 is 4.74 Å². The normalized spacial score (nSPS) is 10.4. The Balaban J connectivity index is 2.40. The van der Waals surface area contributed by atoms with Crippen molar-refractivity contribution < 1.29 is 13.5 Å². The fourth-order valence-electron chi connectivity index (χ4n) is 1.21. The smallest absolute Gasteiger partial charge is 0.240 e. The largest absolute Gasteiger partial charge is 0.434 e. The minimum atomic E-state index is -1.06. The third-order valence-corrected chi connectivity index (χ3v) is 2.46. The van der Waals surface area contributed by atoms with Crippen LogP contribution in [0.3, 0.4) is 0 Å². The Morgan fingerprint density at radius 2 is 1.88 bits per heavy atom. The molecular formula is C11H7BrF2N2O. The van der Waals surface area contributed by atoms with Crippen molar-refractivity contribution in [3.05, 3.63) is 46.3 Å². The van der Waals surface area contributed by atoms with Crippen LogP contribution in [0.1, 0.15) is 5.69 Å². The number of hydrogen-bond donors (Lipinski definition) is 0. The van der Waals surface area contributed by atoms with Gasteiger partial charge in [-0.25, -0.2) is 9.37 Å². The molecule has 0 aliphatic carbocycles. The van der Waals surface area contributed by atoms with Gasteiger partial charge in [0.05, 0.1) is 5.69 Å². The topological polar surface area (TPSA) is 35.0 Å². The van der Waals surface area contributed by atoms with E-state index in [0.29, 0.717) is 10.2 Å². The van der Waals surface area contributed by atoms with Gasteiger partial charge in [-0.05, 0) is 19.1 Å². The summed E-state index contributed by atoms with van der Waals surface area (Å²) in [5.74, 6) is -2.14. The zero-order chi connectivity index (χ0) is 12.4. The molecule has 0 aliphatic rings. The van der Waals surface area contributed by atoms with Gasteiger partial charge in [-0.2, -0.15) is 4.39 Å². The number of rotatable bonds is 2. The summed E-state index contributed by atoms with van der Waals surface area (Å²) >= 11 is 3.06. The zero-order valence-electron chi connectivity index (χ0n) is 8.75. The fourth-order valence-corrected chi connectivity index (χ4v) is 1.61. The quantitative estimate of drug-likeness (QED) is 0.795. The number of benzene rings is 1. The summed E-state index contributed by atoms with van der Waals surface area (Å²) in [5, 5.41) is 0. The van der Waals surface area contributed by atoms with Crippen molar-refractivity contribution in [3.8, 4) is 11.6 Å². The van der Waals surface area contributed by atoms with Crippen LogP contribution in [0.4, 0.5) is 8.78 Å². The molecule has 1 aromatic heterocycles. The van der Waals surface area contributed by atoms with Crippen LogP contribution in [0.2, 0.25) is 0 Å². The second-order valence-electron chi connectivity index (χ2n) is 3.25. The van der Waals surface area contributed by atoms with Crippen molar-refractivity contribution in [3.63, 3.8) is 0 Å². The molecule has 2 aromatic rings. The second kappa shape index (κ2) is 4.75. The number of hydrogen-bond acceptors (Lipinski definition) is 3. The Hall–Kier alpha value is -1.56. The standard InChI is InChI=1S/C11H7BrF2N2O/c1-6-11(16-3-2-15-6)17-9-5-7(12)4-8(13)10(9)14/h2-5H,1H3. The van der Waals surface area contributed by atoms with Crippen LogP contribution in [0.5, 0.6) is 11.6 Å². The lowest BCUT2D eigenvalue weighted by atomic mass is 10.3. The first-order valence-electron chi connectivity index (χ1n) is 4.68. The summed E-state index contributed by atoms with van der Waals surface area (Å²) in [6.45, 7) is 1.66.